The molecule has 3 rings (SSSR count). The Morgan fingerprint density at radius 2 is 1.82 bits per heavy atom. The van der Waals surface area contributed by atoms with Crippen LogP contribution >= 0.6 is 11.8 Å². The third-order valence-corrected chi connectivity index (χ3v) is 4.33. The van der Waals surface area contributed by atoms with Crippen molar-refractivity contribution in [3.05, 3.63) is 71.6 Å². The molecule has 4 heteroatoms. The highest BCUT2D eigenvalue weighted by atomic mass is 32.2. The highest BCUT2D eigenvalue weighted by Crippen LogP contribution is 2.27. The van der Waals surface area contributed by atoms with E-state index in [0.717, 1.165) is 34.0 Å². The molecule has 0 amide bonds. The number of hydrogen-bond acceptors (Lipinski definition) is 4. The van der Waals surface area contributed by atoms with Gasteiger partial charge in [-0.15, -0.1) is 11.8 Å². The molecule has 0 spiro atoms. The maximum Gasteiger partial charge on any atom is 0.226 e. The molecule has 1 aromatic heterocycles. The summed E-state index contributed by atoms with van der Waals surface area (Å²) in [6.07, 6.45) is 0.850. The zero-order valence-electron chi connectivity index (χ0n) is 12.2. The third-order valence-electron chi connectivity index (χ3n) is 3.31. The summed E-state index contributed by atoms with van der Waals surface area (Å²) < 4.78 is 5.75. The fourth-order valence-electron chi connectivity index (χ4n) is 2.06. The van der Waals surface area contributed by atoms with Crippen molar-refractivity contribution >= 4 is 18.0 Å². The van der Waals surface area contributed by atoms with E-state index >= 15 is 0 Å². The fourth-order valence-corrected chi connectivity index (χ4v) is 2.96. The van der Waals surface area contributed by atoms with Crippen LogP contribution in [-0.4, -0.2) is 11.3 Å². The van der Waals surface area contributed by atoms with E-state index in [9.17, 15) is 4.79 Å². The number of aryl methyl sites for hydroxylation is 1. The first-order chi connectivity index (χ1) is 10.8. The molecule has 0 atom stereocenters. The molecule has 0 radical (unpaired) electrons. The maximum atomic E-state index is 10.7. The van der Waals surface area contributed by atoms with Crippen LogP contribution in [0.4, 0.5) is 0 Å². The van der Waals surface area contributed by atoms with Gasteiger partial charge in [-0.3, -0.25) is 4.79 Å². The van der Waals surface area contributed by atoms with Crippen molar-refractivity contribution in [2.75, 3.05) is 0 Å². The van der Waals surface area contributed by atoms with E-state index in [1.807, 2.05) is 61.5 Å². The molecule has 0 N–H and O–H groups in total. The van der Waals surface area contributed by atoms with Gasteiger partial charge in [0, 0.05) is 21.8 Å². The summed E-state index contributed by atoms with van der Waals surface area (Å²) >= 11 is 1.68. The molecule has 0 unspecified atom stereocenters. The standard InChI is InChI=1S/C18H15NO2S/c1-13-17(12-22-16-9-7-14(11-20)8-10-16)19-18(21-13)15-5-3-2-4-6-15/h2-11H,12H2,1H3. The third kappa shape index (κ3) is 3.28. The molecule has 0 aliphatic rings. The first-order valence-corrected chi connectivity index (χ1v) is 7.94. The van der Waals surface area contributed by atoms with Gasteiger partial charge in [0.2, 0.25) is 5.89 Å². The second-order valence-corrected chi connectivity index (χ2v) is 5.91. The Morgan fingerprint density at radius 1 is 1.09 bits per heavy atom. The maximum absolute atomic E-state index is 10.7. The lowest BCUT2D eigenvalue weighted by Crippen LogP contribution is -1.85. The van der Waals surface area contributed by atoms with E-state index in [1.54, 1.807) is 11.8 Å². The van der Waals surface area contributed by atoms with Gasteiger partial charge in [-0.25, -0.2) is 4.98 Å². The smallest absolute Gasteiger partial charge is 0.226 e. The molecule has 3 aromatic rings. The molecule has 0 saturated carbocycles. The van der Waals surface area contributed by atoms with Crippen LogP contribution in [0.15, 0.2) is 63.9 Å². The first-order valence-electron chi connectivity index (χ1n) is 6.96. The molecular weight excluding hydrogens is 294 g/mol. The number of carbonyl (C=O) groups excluding carboxylic acids is 1. The van der Waals surface area contributed by atoms with Crippen LogP contribution in [0.5, 0.6) is 0 Å². The lowest BCUT2D eigenvalue weighted by Gasteiger charge is -2.00. The van der Waals surface area contributed by atoms with Crippen molar-refractivity contribution in [3.63, 3.8) is 0 Å². The highest BCUT2D eigenvalue weighted by Gasteiger charge is 2.11. The van der Waals surface area contributed by atoms with Gasteiger partial charge < -0.3 is 4.42 Å². The zero-order valence-corrected chi connectivity index (χ0v) is 13.0. The zero-order chi connectivity index (χ0) is 15.4. The number of carbonyl (C=O) groups is 1. The van der Waals surface area contributed by atoms with Crippen LogP contribution in [0.2, 0.25) is 0 Å². The van der Waals surface area contributed by atoms with Crippen molar-refractivity contribution in [1.82, 2.24) is 4.98 Å². The van der Waals surface area contributed by atoms with Gasteiger partial charge in [0.25, 0.3) is 0 Å². The molecule has 0 aliphatic carbocycles. The summed E-state index contributed by atoms with van der Waals surface area (Å²) in [5.74, 6) is 2.24. The molecule has 0 aliphatic heterocycles. The summed E-state index contributed by atoms with van der Waals surface area (Å²) in [4.78, 5) is 16.3. The molecule has 0 bridgehead atoms. The van der Waals surface area contributed by atoms with Gasteiger partial charge in [-0.05, 0) is 31.2 Å². The van der Waals surface area contributed by atoms with E-state index in [4.69, 9.17) is 4.42 Å². The quantitative estimate of drug-likeness (QED) is 0.503. The van der Waals surface area contributed by atoms with E-state index in [2.05, 4.69) is 4.98 Å². The van der Waals surface area contributed by atoms with Crippen molar-refractivity contribution in [2.24, 2.45) is 0 Å². The van der Waals surface area contributed by atoms with Crippen molar-refractivity contribution < 1.29 is 9.21 Å². The summed E-state index contributed by atoms with van der Waals surface area (Å²) in [7, 11) is 0. The number of oxazole rings is 1. The Labute approximate surface area is 133 Å². The number of aromatic nitrogens is 1. The highest BCUT2D eigenvalue weighted by molar-refractivity contribution is 7.98. The predicted molar refractivity (Wildman–Crippen MR) is 88.1 cm³/mol. The summed E-state index contributed by atoms with van der Waals surface area (Å²) in [6.45, 7) is 1.94. The van der Waals surface area contributed by atoms with E-state index < -0.39 is 0 Å². The largest absolute Gasteiger partial charge is 0.441 e. The predicted octanol–water partition coefficient (Wildman–Crippen LogP) is 4.75. The van der Waals surface area contributed by atoms with Crippen molar-refractivity contribution in [1.29, 1.82) is 0 Å². The summed E-state index contributed by atoms with van der Waals surface area (Å²) in [6, 6.07) is 17.4. The van der Waals surface area contributed by atoms with Crippen LogP contribution in [0, 0.1) is 6.92 Å². The minimum atomic E-state index is 0.657. The number of nitrogens with zero attached hydrogens (tertiary/aromatic N) is 1. The number of thioether (sulfide) groups is 1. The molecular formula is C18H15NO2S. The van der Waals surface area contributed by atoms with Gasteiger partial charge in [0.1, 0.15) is 12.0 Å². The van der Waals surface area contributed by atoms with E-state index in [1.165, 1.54) is 0 Å². The van der Waals surface area contributed by atoms with Gasteiger partial charge in [0.15, 0.2) is 0 Å². The van der Waals surface area contributed by atoms with Crippen LogP contribution < -0.4 is 0 Å². The number of aldehydes is 1. The average Bonchev–Trinajstić information content (AvgIpc) is 2.95. The molecule has 0 saturated heterocycles. The molecule has 110 valence electrons. The average molecular weight is 309 g/mol. The second-order valence-electron chi connectivity index (χ2n) is 4.86. The Hall–Kier alpha value is -2.33. The Morgan fingerprint density at radius 3 is 2.50 bits per heavy atom. The van der Waals surface area contributed by atoms with Gasteiger partial charge >= 0.3 is 0 Å². The summed E-state index contributed by atoms with van der Waals surface area (Å²) in [5.41, 5.74) is 2.62. The minimum Gasteiger partial charge on any atom is -0.441 e. The lowest BCUT2D eigenvalue weighted by atomic mass is 10.2. The van der Waals surface area contributed by atoms with Gasteiger partial charge in [-0.1, -0.05) is 30.3 Å². The normalized spacial score (nSPS) is 10.6. The SMILES string of the molecule is Cc1oc(-c2ccccc2)nc1CSc1ccc(C=O)cc1. The number of rotatable bonds is 5. The fraction of sp³-hybridized carbons (Fsp3) is 0.111. The van der Waals surface area contributed by atoms with Gasteiger partial charge in [-0.2, -0.15) is 0 Å². The van der Waals surface area contributed by atoms with Crippen LogP contribution in [0.1, 0.15) is 21.8 Å². The number of hydrogen-bond donors (Lipinski definition) is 0. The van der Waals surface area contributed by atoms with Crippen molar-refractivity contribution in [2.45, 2.75) is 17.6 Å². The van der Waals surface area contributed by atoms with E-state index in [-0.39, 0.29) is 0 Å². The van der Waals surface area contributed by atoms with E-state index in [0.29, 0.717) is 11.5 Å². The monoisotopic (exact) mass is 309 g/mol. The number of benzene rings is 2. The molecule has 3 nitrogen and oxygen atoms in total. The van der Waals surface area contributed by atoms with Crippen LogP contribution in [0.3, 0.4) is 0 Å². The lowest BCUT2D eigenvalue weighted by molar-refractivity contribution is 0.112. The van der Waals surface area contributed by atoms with Crippen LogP contribution in [0.25, 0.3) is 11.5 Å². The van der Waals surface area contributed by atoms with Crippen LogP contribution in [-0.2, 0) is 5.75 Å². The Balaban J connectivity index is 1.72. The molecule has 0 fully saturated rings. The minimum absolute atomic E-state index is 0.657. The van der Waals surface area contributed by atoms with Crippen molar-refractivity contribution in [3.8, 4) is 11.5 Å². The van der Waals surface area contributed by atoms with Gasteiger partial charge in [0.05, 0.1) is 5.69 Å². The molecule has 22 heavy (non-hydrogen) atoms. The summed E-state index contributed by atoms with van der Waals surface area (Å²) in [5, 5.41) is 0. The second kappa shape index (κ2) is 6.62. The molecule has 1 heterocycles. The Kier molecular flexibility index (Phi) is 4.39. The molecule has 2 aromatic carbocycles. The first kappa shape index (κ1) is 14.6. The Bertz CT molecular complexity index is 764. The topological polar surface area (TPSA) is 43.1 Å².